The maximum atomic E-state index is 11.7. The number of ketones is 1. The fourth-order valence-electron chi connectivity index (χ4n) is 2.20. The van der Waals surface area contributed by atoms with Crippen LogP contribution in [0.5, 0.6) is 0 Å². The summed E-state index contributed by atoms with van der Waals surface area (Å²) >= 11 is 0. The number of Topliss-reactive ketones (excluding diaryl/α,β-unsaturated/α-hetero) is 1. The molecule has 0 saturated carbocycles. The first-order valence-electron chi connectivity index (χ1n) is 6.76. The van der Waals surface area contributed by atoms with Crippen molar-refractivity contribution in [1.82, 2.24) is 0 Å². The van der Waals surface area contributed by atoms with Crippen LogP contribution in [0.4, 0.5) is 5.69 Å². The van der Waals surface area contributed by atoms with Gasteiger partial charge in [-0.3, -0.25) is 4.79 Å². The second kappa shape index (κ2) is 6.58. The summed E-state index contributed by atoms with van der Waals surface area (Å²) in [7, 11) is 0. The normalized spacial score (nSPS) is 11.1. The van der Waals surface area contributed by atoms with E-state index in [1.54, 1.807) is 6.92 Å². The standard InChI is InChI=1S/C16H25NO/c1-12(2)10-17(11-13(3)4)16-9-7-6-8-15(16)14(5)18/h6-9,12-13H,10-11H2,1-5H3. The van der Waals surface area contributed by atoms with Crippen molar-refractivity contribution in [3.63, 3.8) is 0 Å². The average Bonchev–Trinajstić information content (AvgIpc) is 2.26. The summed E-state index contributed by atoms with van der Waals surface area (Å²) in [6.07, 6.45) is 0. The molecule has 2 heteroatoms. The third-order valence-electron chi connectivity index (χ3n) is 2.80. The second-order valence-electron chi connectivity index (χ2n) is 5.77. The molecule has 100 valence electrons. The Morgan fingerprint density at radius 1 is 1.06 bits per heavy atom. The highest BCUT2D eigenvalue weighted by Crippen LogP contribution is 2.23. The van der Waals surface area contributed by atoms with E-state index >= 15 is 0 Å². The largest absolute Gasteiger partial charge is 0.370 e. The fourth-order valence-corrected chi connectivity index (χ4v) is 2.20. The molecule has 0 unspecified atom stereocenters. The van der Waals surface area contributed by atoms with Gasteiger partial charge in [-0.2, -0.15) is 0 Å². The summed E-state index contributed by atoms with van der Waals surface area (Å²) in [6, 6.07) is 7.92. The van der Waals surface area contributed by atoms with Crippen LogP contribution in [-0.4, -0.2) is 18.9 Å². The molecule has 0 saturated heterocycles. The molecule has 2 nitrogen and oxygen atoms in total. The van der Waals surface area contributed by atoms with Crippen LogP contribution in [0, 0.1) is 11.8 Å². The smallest absolute Gasteiger partial charge is 0.161 e. The molecule has 0 bridgehead atoms. The molecule has 0 heterocycles. The Bertz CT molecular complexity index is 386. The summed E-state index contributed by atoms with van der Waals surface area (Å²) in [5, 5.41) is 0. The second-order valence-corrected chi connectivity index (χ2v) is 5.77. The van der Waals surface area contributed by atoms with E-state index < -0.39 is 0 Å². The van der Waals surface area contributed by atoms with E-state index in [9.17, 15) is 4.79 Å². The molecule has 1 rings (SSSR count). The number of hydrogen-bond donors (Lipinski definition) is 0. The van der Waals surface area contributed by atoms with Crippen molar-refractivity contribution in [2.75, 3.05) is 18.0 Å². The van der Waals surface area contributed by atoms with Gasteiger partial charge in [0.2, 0.25) is 0 Å². The van der Waals surface area contributed by atoms with E-state index in [0.717, 1.165) is 24.3 Å². The Labute approximate surface area is 111 Å². The topological polar surface area (TPSA) is 20.3 Å². The molecular weight excluding hydrogens is 222 g/mol. The number of rotatable bonds is 6. The number of carbonyl (C=O) groups is 1. The third-order valence-corrected chi connectivity index (χ3v) is 2.80. The minimum Gasteiger partial charge on any atom is -0.370 e. The number of hydrogen-bond acceptors (Lipinski definition) is 2. The van der Waals surface area contributed by atoms with E-state index in [4.69, 9.17) is 0 Å². The van der Waals surface area contributed by atoms with Crippen LogP contribution in [0.1, 0.15) is 45.0 Å². The molecule has 1 aromatic carbocycles. The van der Waals surface area contributed by atoms with Crippen molar-refractivity contribution in [3.05, 3.63) is 29.8 Å². The first-order chi connectivity index (χ1) is 8.41. The minimum absolute atomic E-state index is 0.142. The summed E-state index contributed by atoms with van der Waals surface area (Å²) in [4.78, 5) is 14.1. The van der Waals surface area contributed by atoms with Gasteiger partial charge in [-0.05, 0) is 30.9 Å². The number of benzene rings is 1. The van der Waals surface area contributed by atoms with Crippen LogP contribution in [0.25, 0.3) is 0 Å². The number of anilines is 1. The van der Waals surface area contributed by atoms with Gasteiger partial charge >= 0.3 is 0 Å². The average molecular weight is 247 g/mol. The van der Waals surface area contributed by atoms with Crippen molar-refractivity contribution in [1.29, 1.82) is 0 Å². The Hall–Kier alpha value is -1.31. The van der Waals surface area contributed by atoms with E-state index in [0.29, 0.717) is 11.8 Å². The van der Waals surface area contributed by atoms with Crippen LogP contribution >= 0.6 is 0 Å². The summed E-state index contributed by atoms with van der Waals surface area (Å²) in [5.74, 6) is 1.32. The van der Waals surface area contributed by atoms with E-state index in [1.807, 2.05) is 18.2 Å². The van der Waals surface area contributed by atoms with E-state index in [2.05, 4.69) is 38.7 Å². The lowest BCUT2D eigenvalue weighted by atomic mass is 10.1. The lowest BCUT2D eigenvalue weighted by molar-refractivity contribution is 0.101. The van der Waals surface area contributed by atoms with Crippen LogP contribution in [0.2, 0.25) is 0 Å². The summed E-state index contributed by atoms with van der Waals surface area (Å²) in [5.41, 5.74) is 1.91. The van der Waals surface area contributed by atoms with Gasteiger partial charge in [-0.25, -0.2) is 0 Å². The highest BCUT2D eigenvalue weighted by Gasteiger charge is 2.15. The Balaban J connectivity index is 3.07. The van der Waals surface area contributed by atoms with Crippen LogP contribution in [-0.2, 0) is 0 Å². The van der Waals surface area contributed by atoms with Crippen molar-refractivity contribution in [2.45, 2.75) is 34.6 Å². The molecule has 0 N–H and O–H groups in total. The highest BCUT2D eigenvalue weighted by molar-refractivity contribution is 5.99. The molecule has 0 atom stereocenters. The predicted molar refractivity (Wildman–Crippen MR) is 78.3 cm³/mol. The zero-order valence-corrected chi connectivity index (χ0v) is 12.2. The van der Waals surface area contributed by atoms with Gasteiger partial charge in [0.1, 0.15) is 0 Å². The Morgan fingerprint density at radius 3 is 2.00 bits per heavy atom. The van der Waals surface area contributed by atoms with Gasteiger partial charge in [0.05, 0.1) is 0 Å². The van der Waals surface area contributed by atoms with Crippen LogP contribution < -0.4 is 4.90 Å². The Kier molecular flexibility index (Phi) is 5.39. The third kappa shape index (κ3) is 4.17. The molecule has 0 aromatic heterocycles. The highest BCUT2D eigenvalue weighted by atomic mass is 16.1. The van der Waals surface area contributed by atoms with Gasteiger partial charge in [-0.1, -0.05) is 39.8 Å². The van der Waals surface area contributed by atoms with Crippen molar-refractivity contribution in [3.8, 4) is 0 Å². The molecule has 0 fully saturated rings. The molecule has 1 aromatic rings. The zero-order valence-electron chi connectivity index (χ0n) is 12.2. The number of nitrogens with zero attached hydrogens (tertiary/aromatic N) is 1. The molecule has 0 amide bonds. The molecule has 0 spiro atoms. The van der Waals surface area contributed by atoms with E-state index in [1.165, 1.54) is 0 Å². The first kappa shape index (κ1) is 14.7. The quantitative estimate of drug-likeness (QED) is 0.708. The fraction of sp³-hybridized carbons (Fsp3) is 0.562. The van der Waals surface area contributed by atoms with Gasteiger partial charge in [0, 0.05) is 24.3 Å². The monoisotopic (exact) mass is 247 g/mol. The number of carbonyl (C=O) groups excluding carboxylic acids is 1. The number of para-hydroxylation sites is 1. The lowest BCUT2D eigenvalue weighted by Gasteiger charge is -2.30. The maximum absolute atomic E-state index is 11.7. The van der Waals surface area contributed by atoms with Crippen molar-refractivity contribution < 1.29 is 4.79 Å². The van der Waals surface area contributed by atoms with Gasteiger partial charge in [-0.15, -0.1) is 0 Å². The van der Waals surface area contributed by atoms with Crippen molar-refractivity contribution in [2.24, 2.45) is 11.8 Å². The molecule has 18 heavy (non-hydrogen) atoms. The maximum Gasteiger partial charge on any atom is 0.161 e. The van der Waals surface area contributed by atoms with Gasteiger partial charge in [0.25, 0.3) is 0 Å². The van der Waals surface area contributed by atoms with Crippen LogP contribution in [0.15, 0.2) is 24.3 Å². The Morgan fingerprint density at radius 2 is 1.56 bits per heavy atom. The molecule has 0 aliphatic carbocycles. The summed E-state index contributed by atoms with van der Waals surface area (Å²) in [6.45, 7) is 12.5. The van der Waals surface area contributed by atoms with Crippen LogP contribution in [0.3, 0.4) is 0 Å². The van der Waals surface area contributed by atoms with Gasteiger partial charge < -0.3 is 4.90 Å². The lowest BCUT2D eigenvalue weighted by Crippen LogP contribution is -2.32. The first-order valence-corrected chi connectivity index (χ1v) is 6.76. The SMILES string of the molecule is CC(=O)c1ccccc1N(CC(C)C)CC(C)C. The van der Waals surface area contributed by atoms with E-state index in [-0.39, 0.29) is 5.78 Å². The van der Waals surface area contributed by atoms with Crippen molar-refractivity contribution >= 4 is 11.5 Å². The molecule has 0 aliphatic heterocycles. The molecular formula is C16H25NO. The zero-order chi connectivity index (χ0) is 13.7. The summed E-state index contributed by atoms with van der Waals surface area (Å²) < 4.78 is 0. The predicted octanol–water partition coefficient (Wildman–Crippen LogP) is 4.01. The molecule has 0 radical (unpaired) electrons. The molecule has 0 aliphatic rings. The minimum atomic E-state index is 0.142. The van der Waals surface area contributed by atoms with Gasteiger partial charge in [0.15, 0.2) is 5.78 Å².